The summed E-state index contributed by atoms with van der Waals surface area (Å²) in [5.41, 5.74) is 2.14. The van der Waals surface area contributed by atoms with Crippen LogP contribution in [-0.4, -0.2) is 5.91 Å². The van der Waals surface area contributed by atoms with Crippen molar-refractivity contribution in [3.63, 3.8) is 0 Å². The number of halogens is 1. The Kier molecular flexibility index (Phi) is 4.45. The van der Waals surface area contributed by atoms with Crippen molar-refractivity contribution in [2.75, 3.05) is 0 Å². The Labute approximate surface area is 123 Å². The van der Waals surface area contributed by atoms with Crippen molar-refractivity contribution in [2.45, 2.75) is 24.8 Å². The second-order valence-corrected chi connectivity index (χ2v) is 5.29. The molecular formula is C16H16FNOS. The maximum Gasteiger partial charge on any atom is 0.254 e. The molecule has 0 aliphatic heterocycles. The number of thiol groups is 1. The molecule has 2 rings (SSSR count). The molecule has 2 nitrogen and oxygen atoms in total. The van der Waals surface area contributed by atoms with E-state index in [4.69, 9.17) is 0 Å². The molecule has 1 atom stereocenters. The first kappa shape index (κ1) is 14.6. The molecule has 20 heavy (non-hydrogen) atoms. The molecule has 0 spiro atoms. The van der Waals surface area contributed by atoms with E-state index in [0.717, 1.165) is 11.1 Å². The van der Waals surface area contributed by atoms with E-state index in [-0.39, 0.29) is 11.6 Å². The lowest BCUT2D eigenvalue weighted by molar-refractivity contribution is 0.0935. The highest BCUT2D eigenvalue weighted by molar-refractivity contribution is 7.80. The van der Waals surface area contributed by atoms with Crippen molar-refractivity contribution < 1.29 is 9.18 Å². The lowest BCUT2D eigenvalue weighted by atomic mass is 10.1. The third-order valence-corrected chi connectivity index (χ3v) is 3.40. The van der Waals surface area contributed by atoms with Crippen LogP contribution in [-0.2, 0) is 0 Å². The smallest absolute Gasteiger partial charge is 0.254 e. The number of rotatable bonds is 3. The number of carbonyl (C=O) groups is 1. The zero-order valence-corrected chi connectivity index (χ0v) is 12.2. The van der Waals surface area contributed by atoms with E-state index in [9.17, 15) is 9.18 Å². The highest BCUT2D eigenvalue weighted by atomic mass is 32.1. The molecule has 2 aromatic rings. The number of aryl methyl sites for hydroxylation is 1. The number of benzene rings is 2. The molecule has 0 saturated heterocycles. The maximum absolute atomic E-state index is 13.6. The van der Waals surface area contributed by atoms with Gasteiger partial charge in [0.25, 0.3) is 5.91 Å². The standard InChI is InChI=1S/C16H16FNOS/c1-10-3-5-12(6-4-10)11(2)18-16(19)14-9-13(20)7-8-15(14)17/h3-9,11,20H,1-2H3,(H,18,19). The third kappa shape index (κ3) is 3.39. The lowest BCUT2D eigenvalue weighted by Crippen LogP contribution is -2.27. The van der Waals surface area contributed by atoms with Gasteiger partial charge in [0.2, 0.25) is 0 Å². The fourth-order valence-corrected chi connectivity index (χ4v) is 2.10. The van der Waals surface area contributed by atoms with Gasteiger partial charge >= 0.3 is 0 Å². The molecule has 104 valence electrons. The van der Waals surface area contributed by atoms with Crippen molar-refractivity contribution in [3.8, 4) is 0 Å². The van der Waals surface area contributed by atoms with Crippen molar-refractivity contribution in [1.82, 2.24) is 5.32 Å². The number of hydrogen-bond donors (Lipinski definition) is 2. The van der Waals surface area contributed by atoms with Crippen molar-refractivity contribution in [1.29, 1.82) is 0 Å². The zero-order chi connectivity index (χ0) is 14.7. The van der Waals surface area contributed by atoms with Gasteiger partial charge in [-0.1, -0.05) is 29.8 Å². The molecule has 0 bridgehead atoms. The van der Waals surface area contributed by atoms with Gasteiger partial charge in [0.05, 0.1) is 11.6 Å². The Hall–Kier alpha value is -1.81. The molecule has 0 saturated carbocycles. The van der Waals surface area contributed by atoms with Gasteiger partial charge in [0.15, 0.2) is 0 Å². The monoisotopic (exact) mass is 289 g/mol. The average Bonchev–Trinajstić information content (AvgIpc) is 2.42. The first-order valence-corrected chi connectivity index (χ1v) is 6.78. The summed E-state index contributed by atoms with van der Waals surface area (Å²) in [4.78, 5) is 12.6. The third-order valence-electron chi connectivity index (χ3n) is 3.12. The molecule has 1 amide bonds. The molecule has 0 aromatic heterocycles. The van der Waals surface area contributed by atoms with Crippen LogP contribution >= 0.6 is 12.6 Å². The number of hydrogen-bond acceptors (Lipinski definition) is 2. The highest BCUT2D eigenvalue weighted by Gasteiger charge is 2.15. The van der Waals surface area contributed by atoms with E-state index >= 15 is 0 Å². The summed E-state index contributed by atoms with van der Waals surface area (Å²) in [5, 5.41) is 2.79. The van der Waals surface area contributed by atoms with Crippen LogP contribution in [0.5, 0.6) is 0 Å². The van der Waals surface area contributed by atoms with Crippen LogP contribution in [0.2, 0.25) is 0 Å². The predicted molar refractivity (Wildman–Crippen MR) is 80.7 cm³/mol. The Bertz CT molecular complexity index is 625. The summed E-state index contributed by atoms with van der Waals surface area (Å²) in [6, 6.07) is 11.9. The summed E-state index contributed by atoms with van der Waals surface area (Å²) < 4.78 is 13.6. The summed E-state index contributed by atoms with van der Waals surface area (Å²) >= 11 is 4.12. The topological polar surface area (TPSA) is 29.1 Å². The highest BCUT2D eigenvalue weighted by Crippen LogP contribution is 2.17. The van der Waals surface area contributed by atoms with Gasteiger partial charge < -0.3 is 5.32 Å². The van der Waals surface area contributed by atoms with Crippen molar-refractivity contribution >= 4 is 18.5 Å². The second-order valence-electron chi connectivity index (χ2n) is 4.77. The van der Waals surface area contributed by atoms with E-state index in [1.165, 1.54) is 18.2 Å². The zero-order valence-electron chi connectivity index (χ0n) is 11.4. The van der Waals surface area contributed by atoms with Crippen molar-refractivity contribution in [2.24, 2.45) is 0 Å². The van der Waals surface area contributed by atoms with Crippen molar-refractivity contribution in [3.05, 3.63) is 65.0 Å². The fourth-order valence-electron chi connectivity index (χ4n) is 1.90. The van der Waals surface area contributed by atoms with Gasteiger partial charge in [-0.15, -0.1) is 12.6 Å². The minimum absolute atomic E-state index is 0.0106. The molecule has 1 N–H and O–H groups in total. The van der Waals surface area contributed by atoms with Gasteiger partial charge in [-0.3, -0.25) is 4.79 Å². The van der Waals surface area contributed by atoms with Crippen LogP contribution in [0.25, 0.3) is 0 Å². The van der Waals surface area contributed by atoms with E-state index in [2.05, 4.69) is 17.9 Å². The van der Waals surface area contributed by atoms with E-state index in [1.807, 2.05) is 38.1 Å². The number of nitrogens with one attached hydrogen (secondary N) is 1. The normalized spacial score (nSPS) is 12.0. The van der Waals surface area contributed by atoms with Crippen LogP contribution in [0.15, 0.2) is 47.4 Å². The summed E-state index contributed by atoms with van der Waals surface area (Å²) in [7, 11) is 0. The summed E-state index contributed by atoms with van der Waals surface area (Å²) in [6.45, 7) is 3.87. The van der Waals surface area contributed by atoms with Crippen LogP contribution in [0.4, 0.5) is 4.39 Å². The fraction of sp³-hybridized carbons (Fsp3) is 0.188. The maximum atomic E-state index is 13.6. The Morgan fingerprint density at radius 3 is 2.50 bits per heavy atom. The summed E-state index contributed by atoms with van der Waals surface area (Å²) in [5.74, 6) is -0.983. The molecule has 1 unspecified atom stereocenters. The molecule has 0 heterocycles. The van der Waals surface area contributed by atoms with Crippen LogP contribution in [0.3, 0.4) is 0 Å². The SMILES string of the molecule is Cc1ccc(C(C)NC(=O)c2cc(S)ccc2F)cc1. The molecule has 4 heteroatoms. The second kappa shape index (κ2) is 6.09. The van der Waals surface area contributed by atoms with Gasteiger partial charge in [0, 0.05) is 4.90 Å². The molecule has 0 aliphatic carbocycles. The number of amides is 1. The Morgan fingerprint density at radius 1 is 1.20 bits per heavy atom. The van der Waals surface area contributed by atoms with Gasteiger partial charge in [-0.25, -0.2) is 4.39 Å². The largest absolute Gasteiger partial charge is 0.345 e. The molecule has 2 aromatic carbocycles. The quantitative estimate of drug-likeness (QED) is 0.824. The Morgan fingerprint density at radius 2 is 1.85 bits per heavy atom. The molecule has 0 aliphatic rings. The van der Waals surface area contributed by atoms with E-state index < -0.39 is 11.7 Å². The molecule has 0 radical (unpaired) electrons. The van der Waals surface area contributed by atoms with Gasteiger partial charge in [-0.2, -0.15) is 0 Å². The van der Waals surface area contributed by atoms with E-state index in [1.54, 1.807) is 0 Å². The first-order valence-electron chi connectivity index (χ1n) is 6.33. The predicted octanol–water partition coefficient (Wildman–Crippen LogP) is 3.91. The summed E-state index contributed by atoms with van der Waals surface area (Å²) in [6.07, 6.45) is 0. The lowest BCUT2D eigenvalue weighted by Gasteiger charge is -2.15. The first-order chi connectivity index (χ1) is 9.47. The van der Waals surface area contributed by atoms with Gasteiger partial charge in [0.1, 0.15) is 5.82 Å². The number of carbonyl (C=O) groups excluding carboxylic acids is 1. The van der Waals surface area contributed by atoms with Gasteiger partial charge in [-0.05, 0) is 37.6 Å². The van der Waals surface area contributed by atoms with Crippen LogP contribution in [0, 0.1) is 12.7 Å². The Balaban J connectivity index is 2.15. The average molecular weight is 289 g/mol. The van der Waals surface area contributed by atoms with E-state index in [0.29, 0.717) is 4.90 Å². The molecular weight excluding hydrogens is 273 g/mol. The molecule has 0 fully saturated rings. The minimum atomic E-state index is -0.545. The van der Waals surface area contributed by atoms with Crippen LogP contribution in [0.1, 0.15) is 34.5 Å². The van der Waals surface area contributed by atoms with Crippen LogP contribution < -0.4 is 5.32 Å². The minimum Gasteiger partial charge on any atom is -0.345 e.